The van der Waals surface area contributed by atoms with Crippen molar-refractivity contribution in [1.29, 1.82) is 0 Å². The van der Waals surface area contributed by atoms with Gasteiger partial charge in [0, 0.05) is 13.1 Å². The summed E-state index contributed by atoms with van der Waals surface area (Å²) in [4.78, 5) is 27.7. The van der Waals surface area contributed by atoms with Crippen molar-refractivity contribution in [2.75, 3.05) is 44.2 Å². The Balaban J connectivity index is 1.90. The van der Waals surface area contributed by atoms with Gasteiger partial charge < -0.3 is 15.0 Å². The molecule has 0 fully saturated rings. The van der Waals surface area contributed by atoms with Gasteiger partial charge in [-0.1, -0.05) is 26.0 Å². The van der Waals surface area contributed by atoms with Crippen LogP contribution in [0.5, 0.6) is 5.75 Å². The minimum Gasteiger partial charge on any atom is -0.482 e. The number of amides is 2. The third-order valence-electron chi connectivity index (χ3n) is 3.75. The lowest BCUT2D eigenvalue weighted by Crippen LogP contribution is -2.46. The molecule has 2 rings (SSSR count). The largest absolute Gasteiger partial charge is 0.482 e. The number of nitrogens with one attached hydrogen (secondary N) is 1. The maximum absolute atomic E-state index is 12.1. The van der Waals surface area contributed by atoms with Gasteiger partial charge in [0.25, 0.3) is 5.91 Å². The Morgan fingerprint density at radius 3 is 2.77 bits per heavy atom. The van der Waals surface area contributed by atoms with Gasteiger partial charge in [-0.05, 0) is 25.2 Å². The third kappa shape index (κ3) is 3.98. The van der Waals surface area contributed by atoms with E-state index in [0.717, 1.165) is 19.6 Å². The number of hydrogen-bond acceptors (Lipinski definition) is 4. The van der Waals surface area contributed by atoms with Crippen LogP contribution in [0, 0.1) is 0 Å². The zero-order valence-electron chi connectivity index (χ0n) is 13.2. The maximum atomic E-state index is 12.1. The zero-order chi connectivity index (χ0) is 15.9. The minimum absolute atomic E-state index is 0.0241. The molecule has 6 heteroatoms. The van der Waals surface area contributed by atoms with Gasteiger partial charge in [-0.2, -0.15) is 0 Å². The van der Waals surface area contributed by atoms with E-state index in [4.69, 9.17) is 4.74 Å². The van der Waals surface area contributed by atoms with Crippen LogP contribution in [-0.4, -0.2) is 56.0 Å². The normalized spacial score (nSPS) is 13.8. The number of hydrogen-bond donors (Lipinski definition) is 1. The Labute approximate surface area is 131 Å². The van der Waals surface area contributed by atoms with Gasteiger partial charge in [0.05, 0.1) is 5.69 Å². The maximum Gasteiger partial charge on any atom is 0.265 e. The molecule has 0 radical (unpaired) electrons. The van der Waals surface area contributed by atoms with Gasteiger partial charge >= 0.3 is 0 Å². The molecule has 0 bridgehead atoms. The van der Waals surface area contributed by atoms with Crippen molar-refractivity contribution >= 4 is 17.5 Å². The molecule has 1 aliphatic rings. The number of likely N-dealkylation sites (N-methyl/N-ethyl adjacent to an activating group) is 1. The highest BCUT2D eigenvalue weighted by atomic mass is 16.5. The average Bonchev–Trinajstić information content (AvgIpc) is 2.54. The van der Waals surface area contributed by atoms with Gasteiger partial charge in [0.1, 0.15) is 12.3 Å². The molecule has 1 aliphatic heterocycles. The van der Waals surface area contributed by atoms with Crippen molar-refractivity contribution in [3.63, 3.8) is 0 Å². The van der Waals surface area contributed by atoms with E-state index < -0.39 is 0 Å². The van der Waals surface area contributed by atoms with Crippen molar-refractivity contribution < 1.29 is 14.3 Å². The Hall–Kier alpha value is -2.08. The fraction of sp³-hybridized carbons (Fsp3) is 0.500. The molecule has 1 N–H and O–H groups in total. The average molecular weight is 305 g/mol. The van der Waals surface area contributed by atoms with E-state index in [1.54, 1.807) is 12.1 Å². The van der Waals surface area contributed by atoms with Crippen molar-refractivity contribution in [2.24, 2.45) is 0 Å². The molecular weight excluding hydrogens is 282 g/mol. The minimum atomic E-state index is -0.197. The van der Waals surface area contributed by atoms with Crippen LogP contribution >= 0.6 is 0 Å². The first kappa shape index (κ1) is 16.3. The monoisotopic (exact) mass is 305 g/mol. The summed E-state index contributed by atoms with van der Waals surface area (Å²) in [6, 6.07) is 7.26. The van der Waals surface area contributed by atoms with Crippen molar-refractivity contribution in [3.8, 4) is 5.75 Å². The molecular formula is C16H23N3O3. The second-order valence-electron chi connectivity index (χ2n) is 5.11. The molecule has 0 aliphatic carbocycles. The number of benzene rings is 1. The lowest BCUT2D eigenvalue weighted by Gasteiger charge is -2.28. The first-order valence-corrected chi connectivity index (χ1v) is 7.67. The topological polar surface area (TPSA) is 61.9 Å². The quantitative estimate of drug-likeness (QED) is 0.812. The number of ether oxygens (including phenoxy) is 1. The van der Waals surface area contributed by atoms with E-state index in [1.807, 2.05) is 12.1 Å². The fourth-order valence-corrected chi connectivity index (χ4v) is 2.42. The Kier molecular flexibility index (Phi) is 5.77. The molecule has 0 saturated heterocycles. The summed E-state index contributed by atoms with van der Waals surface area (Å²) < 4.78 is 5.36. The predicted molar refractivity (Wildman–Crippen MR) is 85.1 cm³/mol. The highest BCUT2D eigenvalue weighted by Gasteiger charge is 2.26. The number of carbonyl (C=O) groups is 2. The molecule has 1 heterocycles. The number of anilines is 1. The zero-order valence-corrected chi connectivity index (χ0v) is 13.2. The lowest BCUT2D eigenvalue weighted by molar-refractivity contribution is -0.125. The SMILES string of the molecule is CCN(CC)CCNC(=O)CN1C(=O)COc2ccccc21. The second kappa shape index (κ2) is 7.79. The van der Waals surface area contributed by atoms with E-state index in [0.29, 0.717) is 18.0 Å². The lowest BCUT2D eigenvalue weighted by atomic mass is 10.2. The molecule has 0 saturated carbocycles. The van der Waals surface area contributed by atoms with Gasteiger partial charge in [-0.25, -0.2) is 0 Å². The fourth-order valence-electron chi connectivity index (χ4n) is 2.42. The molecule has 0 unspecified atom stereocenters. The van der Waals surface area contributed by atoms with E-state index in [9.17, 15) is 9.59 Å². The third-order valence-corrected chi connectivity index (χ3v) is 3.75. The molecule has 6 nitrogen and oxygen atoms in total. The number of nitrogens with zero attached hydrogens (tertiary/aromatic N) is 2. The highest BCUT2D eigenvalue weighted by Crippen LogP contribution is 2.30. The number of para-hydroxylation sites is 2. The van der Waals surface area contributed by atoms with Crippen LogP contribution < -0.4 is 15.0 Å². The van der Waals surface area contributed by atoms with Crippen LogP contribution in [0.15, 0.2) is 24.3 Å². The molecule has 2 amide bonds. The van der Waals surface area contributed by atoms with Crippen LogP contribution in [0.25, 0.3) is 0 Å². The van der Waals surface area contributed by atoms with Crippen molar-refractivity contribution in [1.82, 2.24) is 10.2 Å². The Morgan fingerprint density at radius 2 is 2.05 bits per heavy atom. The first-order valence-electron chi connectivity index (χ1n) is 7.67. The van der Waals surface area contributed by atoms with E-state index in [-0.39, 0.29) is 25.0 Å². The molecule has 1 aromatic rings. The van der Waals surface area contributed by atoms with E-state index in [1.165, 1.54) is 4.90 Å². The first-order chi connectivity index (χ1) is 10.7. The number of carbonyl (C=O) groups excluding carboxylic acids is 2. The van der Waals surface area contributed by atoms with Gasteiger partial charge in [0.15, 0.2) is 6.61 Å². The summed E-state index contributed by atoms with van der Waals surface area (Å²) in [7, 11) is 0. The van der Waals surface area contributed by atoms with Crippen LogP contribution in [0.1, 0.15) is 13.8 Å². The molecule has 1 aromatic carbocycles. The summed E-state index contributed by atoms with van der Waals surface area (Å²) in [5.74, 6) is 0.285. The summed E-state index contributed by atoms with van der Waals surface area (Å²) in [6.45, 7) is 7.50. The summed E-state index contributed by atoms with van der Waals surface area (Å²) >= 11 is 0. The van der Waals surface area contributed by atoms with Crippen LogP contribution in [0.2, 0.25) is 0 Å². The van der Waals surface area contributed by atoms with Crippen molar-refractivity contribution in [2.45, 2.75) is 13.8 Å². The highest BCUT2D eigenvalue weighted by molar-refractivity contribution is 6.02. The smallest absolute Gasteiger partial charge is 0.265 e. The summed E-state index contributed by atoms with van der Waals surface area (Å²) in [5.41, 5.74) is 0.651. The van der Waals surface area contributed by atoms with Crippen LogP contribution in [-0.2, 0) is 9.59 Å². The Bertz CT molecular complexity index is 529. The molecule has 0 aromatic heterocycles. The van der Waals surface area contributed by atoms with Gasteiger partial charge in [0.2, 0.25) is 5.91 Å². The Morgan fingerprint density at radius 1 is 1.32 bits per heavy atom. The molecule has 22 heavy (non-hydrogen) atoms. The van der Waals surface area contributed by atoms with E-state index >= 15 is 0 Å². The van der Waals surface area contributed by atoms with Crippen LogP contribution in [0.3, 0.4) is 0 Å². The number of fused-ring (bicyclic) bond motifs is 1. The van der Waals surface area contributed by atoms with Gasteiger partial charge in [-0.3, -0.25) is 14.5 Å². The second-order valence-corrected chi connectivity index (χ2v) is 5.11. The summed E-state index contributed by atoms with van der Waals surface area (Å²) in [6.07, 6.45) is 0. The molecule has 0 spiro atoms. The molecule has 0 atom stereocenters. The standard InChI is InChI=1S/C16H23N3O3/c1-3-18(4-2)10-9-17-15(20)11-19-13-7-5-6-8-14(13)22-12-16(19)21/h5-8H,3-4,9-12H2,1-2H3,(H,17,20). The van der Waals surface area contributed by atoms with E-state index in [2.05, 4.69) is 24.1 Å². The summed E-state index contributed by atoms with van der Waals surface area (Å²) in [5, 5.41) is 2.87. The number of rotatable bonds is 7. The van der Waals surface area contributed by atoms with Crippen LogP contribution in [0.4, 0.5) is 5.69 Å². The van der Waals surface area contributed by atoms with Gasteiger partial charge in [-0.15, -0.1) is 0 Å². The van der Waals surface area contributed by atoms with Crippen molar-refractivity contribution in [3.05, 3.63) is 24.3 Å². The molecule has 120 valence electrons. The predicted octanol–water partition coefficient (Wildman–Crippen LogP) is 0.870.